The van der Waals surface area contributed by atoms with Crippen LogP contribution in [0.2, 0.25) is 0 Å². The number of ether oxygens (including phenoxy) is 1. The van der Waals surface area contributed by atoms with Crippen LogP contribution >= 0.6 is 11.6 Å². The van der Waals surface area contributed by atoms with Crippen molar-refractivity contribution in [2.45, 2.75) is 27.2 Å². The number of carbonyl (C=O) groups is 1. The fraction of sp³-hybridized carbons (Fsp3) is 0.909. The smallest absolute Gasteiger partial charge is 0.224 e. The van der Waals surface area contributed by atoms with Crippen LogP contribution < -0.4 is 5.32 Å². The lowest BCUT2D eigenvalue weighted by Crippen LogP contribution is -2.31. The van der Waals surface area contributed by atoms with Gasteiger partial charge >= 0.3 is 0 Å². The third-order valence-electron chi connectivity index (χ3n) is 1.89. The number of hydrogen-bond acceptors (Lipinski definition) is 2. The highest BCUT2D eigenvalue weighted by Gasteiger charge is 2.09. The van der Waals surface area contributed by atoms with E-state index in [0.717, 1.165) is 13.0 Å². The standard InChI is InChI=1S/C11H22ClNO2/c1-9(2)8-15-6-4-5-13-11(14)10(3)7-12/h9-10H,4-8H2,1-3H3,(H,13,14). The minimum Gasteiger partial charge on any atom is -0.381 e. The Kier molecular flexibility index (Phi) is 8.82. The highest BCUT2D eigenvalue weighted by Crippen LogP contribution is 1.97. The van der Waals surface area contributed by atoms with Crippen LogP contribution in [0.3, 0.4) is 0 Å². The van der Waals surface area contributed by atoms with E-state index < -0.39 is 0 Å². The first kappa shape index (κ1) is 14.7. The van der Waals surface area contributed by atoms with Crippen molar-refractivity contribution in [2.75, 3.05) is 25.6 Å². The Labute approximate surface area is 97.5 Å². The summed E-state index contributed by atoms with van der Waals surface area (Å²) in [6, 6.07) is 0. The summed E-state index contributed by atoms with van der Waals surface area (Å²) >= 11 is 5.56. The van der Waals surface area contributed by atoms with Crippen LogP contribution in [0.25, 0.3) is 0 Å². The molecule has 0 heterocycles. The molecule has 1 unspecified atom stereocenters. The molecule has 0 rings (SSSR count). The lowest BCUT2D eigenvalue weighted by molar-refractivity contribution is -0.123. The molecule has 0 aliphatic rings. The largest absolute Gasteiger partial charge is 0.381 e. The highest BCUT2D eigenvalue weighted by molar-refractivity contribution is 6.19. The van der Waals surface area contributed by atoms with Gasteiger partial charge in [0.25, 0.3) is 0 Å². The Morgan fingerprint density at radius 3 is 2.60 bits per heavy atom. The van der Waals surface area contributed by atoms with Gasteiger partial charge in [0.15, 0.2) is 0 Å². The first-order chi connectivity index (χ1) is 7.07. The molecule has 0 aromatic carbocycles. The van der Waals surface area contributed by atoms with Crippen LogP contribution in [0.4, 0.5) is 0 Å². The maximum Gasteiger partial charge on any atom is 0.224 e. The van der Waals surface area contributed by atoms with Gasteiger partial charge in [-0.3, -0.25) is 4.79 Å². The summed E-state index contributed by atoms with van der Waals surface area (Å²) in [5.41, 5.74) is 0. The van der Waals surface area contributed by atoms with Crippen molar-refractivity contribution < 1.29 is 9.53 Å². The summed E-state index contributed by atoms with van der Waals surface area (Å²) in [5.74, 6) is 0.850. The molecule has 1 amide bonds. The second kappa shape index (κ2) is 8.98. The average molecular weight is 236 g/mol. The fourth-order valence-corrected chi connectivity index (χ4v) is 1.09. The number of hydrogen-bond donors (Lipinski definition) is 1. The maximum atomic E-state index is 11.3. The molecule has 1 N–H and O–H groups in total. The summed E-state index contributed by atoms with van der Waals surface area (Å²) < 4.78 is 5.39. The van der Waals surface area contributed by atoms with Gasteiger partial charge in [-0.2, -0.15) is 0 Å². The van der Waals surface area contributed by atoms with Gasteiger partial charge in [0.2, 0.25) is 5.91 Å². The molecule has 90 valence electrons. The number of amides is 1. The van der Waals surface area contributed by atoms with E-state index in [1.807, 2.05) is 6.92 Å². The number of nitrogens with one attached hydrogen (secondary N) is 1. The molecule has 0 saturated heterocycles. The lowest BCUT2D eigenvalue weighted by Gasteiger charge is -2.10. The molecule has 3 nitrogen and oxygen atoms in total. The number of halogens is 1. The zero-order chi connectivity index (χ0) is 11.7. The molecular weight excluding hydrogens is 214 g/mol. The predicted octanol–water partition coefficient (Wildman–Crippen LogP) is 2.04. The van der Waals surface area contributed by atoms with E-state index in [4.69, 9.17) is 16.3 Å². The second-order valence-corrected chi connectivity index (χ2v) is 4.48. The molecule has 4 heteroatoms. The molecule has 0 aliphatic heterocycles. The van der Waals surface area contributed by atoms with Gasteiger partial charge in [-0.25, -0.2) is 0 Å². The topological polar surface area (TPSA) is 38.3 Å². The Morgan fingerprint density at radius 1 is 1.40 bits per heavy atom. The quantitative estimate of drug-likeness (QED) is 0.517. The predicted molar refractivity (Wildman–Crippen MR) is 63.2 cm³/mol. The first-order valence-electron chi connectivity index (χ1n) is 5.49. The van der Waals surface area contributed by atoms with E-state index in [9.17, 15) is 4.79 Å². The Bertz CT molecular complexity index is 174. The van der Waals surface area contributed by atoms with Crippen molar-refractivity contribution in [3.8, 4) is 0 Å². The van der Waals surface area contributed by atoms with Crippen LogP contribution in [-0.4, -0.2) is 31.5 Å². The van der Waals surface area contributed by atoms with Crippen molar-refractivity contribution in [3.63, 3.8) is 0 Å². The van der Waals surface area contributed by atoms with Crippen LogP contribution in [0.1, 0.15) is 27.2 Å². The summed E-state index contributed by atoms with van der Waals surface area (Å²) in [5, 5.41) is 2.82. The maximum absolute atomic E-state index is 11.3. The van der Waals surface area contributed by atoms with Crippen molar-refractivity contribution in [1.29, 1.82) is 0 Å². The molecule has 0 aromatic heterocycles. The van der Waals surface area contributed by atoms with Gasteiger partial charge in [-0.15, -0.1) is 11.6 Å². The average Bonchev–Trinajstić information content (AvgIpc) is 2.21. The van der Waals surface area contributed by atoms with Crippen molar-refractivity contribution >= 4 is 17.5 Å². The zero-order valence-corrected chi connectivity index (χ0v) is 10.6. The van der Waals surface area contributed by atoms with Gasteiger partial charge in [0, 0.05) is 31.6 Å². The lowest BCUT2D eigenvalue weighted by atomic mass is 10.2. The van der Waals surface area contributed by atoms with Crippen LogP contribution in [0.15, 0.2) is 0 Å². The number of rotatable bonds is 8. The molecule has 0 radical (unpaired) electrons. The van der Waals surface area contributed by atoms with Crippen molar-refractivity contribution in [2.24, 2.45) is 11.8 Å². The van der Waals surface area contributed by atoms with Gasteiger partial charge in [-0.1, -0.05) is 20.8 Å². The van der Waals surface area contributed by atoms with Crippen LogP contribution in [-0.2, 0) is 9.53 Å². The molecule has 0 aliphatic carbocycles. The Hall–Kier alpha value is -0.280. The molecule has 0 saturated carbocycles. The highest BCUT2D eigenvalue weighted by atomic mass is 35.5. The second-order valence-electron chi connectivity index (χ2n) is 4.17. The number of carbonyl (C=O) groups excluding carboxylic acids is 1. The monoisotopic (exact) mass is 235 g/mol. The third-order valence-corrected chi connectivity index (χ3v) is 2.36. The summed E-state index contributed by atoms with van der Waals surface area (Å²) in [7, 11) is 0. The SMILES string of the molecule is CC(C)COCCCNC(=O)C(C)CCl. The Balaban J connectivity index is 3.27. The fourth-order valence-electron chi connectivity index (χ4n) is 0.949. The van der Waals surface area contributed by atoms with E-state index >= 15 is 0 Å². The molecular formula is C11H22ClNO2. The third kappa shape index (κ3) is 8.70. The summed E-state index contributed by atoms with van der Waals surface area (Å²) in [4.78, 5) is 11.3. The zero-order valence-electron chi connectivity index (χ0n) is 9.88. The van der Waals surface area contributed by atoms with Crippen molar-refractivity contribution in [3.05, 3.63) is 0 Å². The van der Waals surface area contributed by atoms with E-state index in [-0.39, 0.29) is 11.8 Å². The Morgan fingerprint density at radius 2 is 2.07 bits per heavy atom. The molecule has 1 atom stereocenters. The minimum atomic E-state index is -0.108. The van der Waals surface area contributed by atoms with E-state index in [1.165, 1.54) is 0 Å². The van der Waals surface area contributed by atoms with Gasteiger partial charge in [0.05, 0.1) is 0 Å². The van der Waals surface area contributed by atoms with Crippen molar-refractivity contribution in [1.82, 2.24) is 5.32 Å². The molecule has 0 spiro atoms. The van der Waals surface area contributed by atoms with Crippen LogP contribution in [0.5, 0.6) is 0 Å². The van der Waals surface area contributed by atoms with Gasteiger partial charge < -0.3 is 10.1 Å². The first-order valence-corrected chi connectivity index (χ1v) is 6.02. The van der Waals surface area contributed by atoms with E-state index in [0.29, 0.717) is 24.9 Å². The molecule has 15 heavy (non-hydrogen) atoms. The summed E-state index contributed by atoms with van der Waals surface area (Å²) in [6.45, 7) is 8.20. The molecule has 0 fully saturated rings. The van der Waals surface area contributed by atoms with E-state index in [2.05, 4.69) is 19.2 Å². The minimum absolute atomic E-state index is 0.0221. The summed E-state index contributed by atoms with van der Waals surface area (Å²) in [6.07, 6.45) is 0.855. The number of alkyl halides is 1. The normalized spacial score (nSPS) is 12.9. The molecule has 0 bridgehead atoms. The van der Waals surface area contributed by atoms with Gasteiger partial charge in [-0.05, 0) is 12.3 Å². The van der Waals surface area contributed by atoms with Gasteiger partial charge in [0.1, 0.15) is 0 Å². The molecule has 0 aromatic rings. The van der Waals surface area contributed by atoms with Crippen LogP contribution in [0, 0.1) is 11.8 Å². The van der Waals surface area contributed by atoms with E-state index in [1.54, 1.807) is 0 Å².